The van der Waals surface area contributed by atoms with E-state index < -0.39 is 17.9 Å². The molecule has 1 amide bonds. The fourth-order valence-electron chi connectivity index (χ4n) is 6.97. The quantitative estimate of drug-likeness (QED) is 0.127. The number of nitrogens with zero attached hydrogens (tertiary/aromatic N) is 1. The average molecular weight is 713 g/mol. The van der Waals surface area contributed by atoms with E-state index >= 15 is 0 Å². The number of hydrogen-bond acceptors (Lipinski definition) is 7. The predicted octanol–water partition coefficient (Wildman–Crippen LogP) is 6.76. The van der Waals surface area contributed by atoms with Crippen LogP contribution in [0.4, 0.5) is 0 Å². The van der Waals surface area contributed by atoms with Crippen molar-refractivity contribution in [3.05, 3.63) is 130 Å². The molecule has 6 rings (SSSR count). The fourth-order valence-corrected chi connectivity index (χ4v) is 7.10. The van der Waals surface area contributed by atoms with Crippen molar-refractivity contribution in [2.24, 2.45) is 5.92 Å². The number of piperidine rings is 1. The van der Waals surface area contributed by atoms with Gasteiger partial charge >= 0.3 is 5.97 Å². The van der Waals surface area contributed by atoms with Crippen LogP contribution in [0.3, 0.4) is 0 Å². The zero-order valence-electron chi connectivity index (χ0n) is 28.7. The molecule has 4 atom stereocenters. The summed E-state index contributed by atoms with van der Waals surface area (Å²) in [5.74, 6) is -1.29. The third kappa shape index (κ3) is 9.23. The molecule has 2 heterocycles. The number of halogens is 1. The Kier molecular flexibility index (Phi) is 11.9. The summed E-state index contributed by atoms with van der Waals surface area (Å²) in [7, 11) is 0. The normalized spacial score (nSPS) is 22.0. The molecule has 268 valence electrons. The molecular weight excluding hydrogens is 668 g/mol. The molecule has 0 bridgehead atoms. The third-order valence-corrected chi connectivity index (χ3v) is 10.4. The topological polar surface area (TPSA) is 129 Å². The Morgan fingerprint density at radius 2 is 1.55 bits per heavy atom. The van der Waals surface area contributed by atoms with Gasteiger partial charge < -0.3 is 35.0 Å². The number of amides is 1. The molecule has 9 nitrogen and oxygen atoms in total. The zero-order valence-corrected chi connectivity index (χ0v) is 29.5. The summed E-state index contributed by atoms with van der Waals surface area (Å²) < 4.78 is 13.5. The second-order valence-electron chi connectivity index (χ2n) is 13.7. The van der Waals surface area contributed by atoms with Gasteiger partial charge in [-0.1, -0.05) is 91.3 Å². The van der Waals surface area contributed by atoms with E-state index in [0.717, 1.165) is 52.0 Å². The molecular formula is C41H45ClN2O7. The SMILES string of the molecule is C[C@H]1[C@@H](CN2CCC(O)(c3ccc(Cl)cc3)CC2)O[C@@H](c2cccc(-c3cccc(CNC(=O)CCC(=O)O)c3)c2)O[C@H]1c1ccc(CO)cc1. The highest BCUT2D eigenvalue weighted by Gasteiger charge is 2.41. The van der Waals surface area contributed by atoms with Crippen molar-refractivity contribution in [2.75, 3.05) is 19.6 Å². The van der Waals surface area contributed by atoms with Gasteiger partial charge in [0.05, 0.1) is 30.8 Å². The van der Waals surface area contributed by atoms with Gasteiger partial charge in [0, 0.05) is 49.1 Å². The summed E-state index contributed by atoms with van der Waals surface area (Å²) in [4.78, 5) is 25.3. The number of carbonyl (C=O) groups excluding carboxylic acids is 1. The molecule has 4 aromatic rings. The molecule has 0 aromatic heterocycles. The van der Waals surface area contributed by atoms with Crippen LogP contribution < -0.4 is 5.32 Å². The van der Waals surface area contributed by atoms with E-state index in [9.17, 15) is 19.8 Å². The van der Waals surface area contributed by atoms with Gasteiger partial charge in [0.1, 0.15) is 0 Å². The Bertz CT molecular complexity index is 1790. The van der Waals surface area contributed by atoms with E-state index in [4.69, 9.17) is 26.2 Å². The number of nitrogens with one attached hydrogen (secondary N) is 1. The lowest BCUT2D eigenvalue weighted by molar-refractivity contribution is -0.277. The van der Waals surface area contributed by atoms with Crippen molar-refractivity contribution in [3.63, 3.8) is 0 Å². The first-order chi connectivity index (χ1) is 24.6. The Hall–Kier alpha value is -4.09. The second kappa shape index (κ2) is 16.5. The molecule has 51 heavy (non-hydrogen) atoms. The lowest BCUT2D eigenvalue weighted by atomic mass is 9.84. The van der Waals surface area contributed by atoms with Crippen LogP contribution in [0.25, 0.3) is 11.1 Å². The van der Waals surface area contributed by atoms with Crippen LogP contribution >= 0.6 is 11.6 Å². The number of carbonyl (C=O) groups is 2. The number of carboxylic acids is 1. The second-order valence-corrected chi connectivity index (χ2v) is 14.1. The number of hydrogen-bond donors (Lipinski definition) is 4. The maximum atomic E-state index is 12.1. The monoisotopic (exact) mass is 712 g/mol. The summed E-state index contributed by atoms with van der Waals surface area (Å²) in [6.45, 7) is 4.55. The van der Waals surface area contributed by atoms with Crippen LogP contribution in [-0.2, 0) is 37.8 Å². The fraction of sp³-hybridized carbons (Fsp3) is 0.366. The lowest BCUT2D eigenvalue weighted by Gasteiger charge is -2.45. The van der Waals surface area contributed by atoms with E-state index in [1.54, 1.807) is 0 Å². The van der Waals surface area contributed by atoms with Gasteiger partial charge in [0.25, 0.3) is 0 Å². The van der Waals surface area contributed by atoms with E-state index in [-0.39, 0.29) is 43.5 Å². The molecule has 2 aliphatic rings. The highest BCUT2D eigenvalue weighted by Crippen LogP contribution is 2.43. The van der Waals surface area contributed by atoms with Crippen molar-refractivity contribution < 1.29 is 34.4 Å². The maximum Gasteiger partial charge on any atom is 0.303 e. The van der Waals surface area contributed by atoms with Gasteiger partial charge in [-0.3, -0.25) is 9.59 Å². The summed E-state index contributed by atoms with van der Waals surface area (Å²) >= 11 is 6.10. The zero-order chi connectivity index (χ0) is 36.0. The van der Waals surface area contributed by atoms with Gasteiger partial charge in [-0.2, -0.15) is 0 Å². The minimum Gasteiger partial charge on any atom is -0.481 e. The first kappa shape index (κ1) is 36.7. The number of benzene rings is 4. The van der Waals surface area contributed by atoms with Gasteiger partial charge in [-0.25, -0.2) is 0 Å². The molecule has 0 radical (unpaired) electrons. The van der Waals surface area contributed by atoms with Crippen LogP contribution in [0.15, 0.2) is 97.1 Å². The highest BCUT2D eigenvalue weighted by molar-refractivity contribution is 6.30. The van der Waals surface area contributed by atoms with Crippen LogP contribution in [-0.4, -0.2) is 57.8 Å². The Morgan fingerprint density at radius 3 is 2.24 bits per heavy atom. The number of likely N-dealkylation sites (tertiary alicyclic amines) is 1. The standard InChI is InChI=1S/C41H45ClN2O7/c1-27-36(25-44-20-18-41(49,19-21-44)34-12-14-35(42)15-13-34)50-40(51-39(27)30-10-8-28(26-45)9-11-30)33-7-3-6-32(23-33)31-5-2-4-29(22-31)24-43-37(46)16-17-38(47)48/h2-15,22-23,27,36,39-40,45,49H,16-21,24-26H2,1H3,(H,43,46)(H,47,48)/t27-,36+,39+,40+/m0/s1. The third-order valence-electron chi connectivity index (χ3n) is 10.1. The molecule has 2 fully saturated rings. The van der Waals surface area contributed by atoms with E-state index in [1.165, 1.54) is 0 Å². The van der Waals surface area contributed by atoms with Crippen LogP contribution in [0.1, 0.15) is 72.8 Å². The van der Waals surface area contributed by atoms with Gasteiger partial charge in [-0.05, 0) is 70.5 Å². The maximum absolute atomic E-state index is 12.1. The van der Waals surface area contributed by atoms with Crippen molar-refractivity contribution in [3.8, 4) is 11.1 Å². The average Bonchev–Trinajstić information content (AvgIpc) is 3.15. The summed E-state index contributed by atoms with van der Waals surface area (Å²) in [5, 5.41) is 33.4. The Morgan fingerprint density at radius 1 is 0.863 bits per heavy atom. The smallest absolute Gasteiger partial charge is 0.303 e. The summed E-state index contributed by atoms with van der Waals surface area (Å²) in [5.41, 5.74) is 5.56. The molecule has 0 spiro atoms. The number of ether oxygens (including phenoxy) is 2. The van der Waals surface area contributed by atoms with Crippen molar-refractivity contribution in [1.29, 1.82) is 0 Å². The predicted molar refractivity (Wildman–Crippen MR) is 195 cm³/mol. The first-order valence-electron chi connectivity index (χ1n) is 17.5. The van der Waals surface area contributed by atoms with Crippen LogP contribution in [0, 0.1) is 5.92 Å². The minimum atomic E-state index is -1.00. The molecule has 2 saturated heterocycles. The van der Waals surface area contributed by atoms with Crippen molar-refractivity contribution in [1.82, 2.24) is 10.2 Å². The first-order valence-corrected chi connectivity index (χ1v) is 17.9. The minimum absolute atomic E-state index is 0.0175. The van der Waals surface area contributed by atoms with Gasteiger partial charge in [0.15, 0.2) is 6.29 Å². The molecule has 4 N–H and O–H groups in total. The molecule has 0 aliphatic carbocycles. The molecule has 2 aliphatic heterocycles. The Balaban J connectivity index is 1.19. The number of aliphatic hydroxyl groups is 2. The molecule has 0 unspecified atom stereocenters. The van der Waals surface area contributed by atoms with E-state index in [0.29, 0.717) is 31.0 Å². The Labute approximate surface area is 303 Å². The van der Waals surface area contributed by atoms with E-state index in [1.807, 2.05) is 91.0 Å². The van der Waals surface area contributed by atoms with Crippen molar-refractivity contribution in [2.45, 2.75) is 69.9 Å². The molecule has 4 aromatic carbocycles. The molecule has 0 saturated carbocycles. The largest absolute Gasteiger partial charge is 0.481 e. The number of carboxylic acid groups (broad SMARTS) is 1. The lowest BCUT2D eigenvalue weighted by Crippen LogP contribution is -2.49. The number of rotatable bonds is 12. The van der Waals surface area contributed by atoms with E-state index in [2.05, 4.69) is 23.2 Å². The summed E-state index contributed by atoms with van der Waals surface area (Å²) in [6, 6.07) is 31.3. The number of aliphatic hydroxyl groups excluding tert-OH is 1. The molecule has 10 heteroatoms. The van der Waals surface area contributed by atoms with Gasteiger partial charge in [0.2, 0.25) is 5.91 Å². The van der Waals surface area contributed by atoms with Gasteiger partial charge in [-0.15, -0.1) is 0 Å². The van der Waals surface area contributed by atoms with Crippen molar-refractivity contribution >= 4 is 23.5 Å². The summed E-state index contributed by atoms with van der Waals surface area (Å²) in [6.07, 6.45) is -0.109. The number of aliphatic carboxylic acids is 1. The van der Waals surface area contributed by atoms with Crippen LogP contribution in [0.5, 0.6) is 0 Å². The highest BCUT2D eigenvalue weighted by atomic mass is 35.5. The van der Waals surface area contributed by atoms with Crippen LogP contribution in [0.2, 0.25) is 5.02 Å².